The lowest BCUT2D eigenvalue weighted by atomic mass is 9.87. The van der Waals surface area contributed by atoms with E-state index in [0.717, 1.165) is 73.6 Å². The molecule has 0 radical (unpaired) electrons. The summed E-state index contributed by atoms with van der Waals surface area (Å²) in [4.78, 5) is 66.0. The van der Waals surface area contributed by atoms with Crippen molar-refractivity contribution in [2.75, 3.05) is 52.6 Å². The van der Waals surface area contributed by atoms with Crippen LogP contribution in [0.3, 0.4) is 0 Å². The lowest BCUT2D eigenvalue weighted by molar-refractivity contribution is -0.141. The van der Waals surface area contributed by atoms with Crippen molar-refractivity contribution in [2.24, 2.45) is 11.3 Å². The SMILES string of the molecule is CCc1nc2ccc(OCCN3CCOCC3)cc2c2c1O[C@]1(CC2)C[C@H]2C(=O)N[C@]3(C(=O)NS(=O)(=O)C4(C)CC4)C[C@H]3/C=C\CCCCC[C@H](NC(=O)OCC(C)(C)C)C(=O)N2C1. The number of aryl methyl sites for hydroxylation is 2. The first-order valence-corrected chi connectivity index (χ1v) is 24.8. The predicted molar refractivity (Wildman–Crippen MR) is 239 cm³/mol. The van der Waals surface area contributed by atoms with Gasteiger partial charge in [0.1, 0.15) is 41.3 Å². The average molecular weight is 907 g/mol. The van der Waals surface area contributed by atoms with Gasteiger partial charge in [-0.05, 0) is 88.3 Å². The molecule has 1 spiro atoms. The Morgan fingerprint density at radius 3 is 2.58 bits per heavy atom. The second-order valence-electron chi connectivity index (χ2n) is 20.2. The van der Waals surface area contributed by atoms with Crippen LogP contribution in [-0.4, -0.2) is 128 Å². The second-order valence-corrected chi connectivity index (χ2v) is 22.4. The van der Waals surface area contributed by atoms with Crippen LogP contribution >= 0.6 is 0 Å². The van der Waals surface area contributed by atoms with E-state index in [1.807, 2.05) is 58.0 Å². The van der Waals surface area contributed by atoms with Crippen molar-refractivity contribution < 1.29 is 46.5 Å². The first-order valence-electron chi connectivity index (χ1n) is 23.3. The average Bonchev–Trinajstić information content (AvgIpc) is 4.15. The van der Waals surface area contributed by atoms with E-state index < -0.39 is 67.7 Å². The molecule has 0 bridgehead atoms. The standard InChI is InChI=1S/C47H66N6O10S/c1-6-35-39-33(34-26-32(14-15-36(34)48-35)61-25-22-52-20-23-60-24-21-52)16-17-46(63-39)28-38-40(54)50-47(42(56)51-64(58,59)45(5)18-19-45)27-31(47)12-10-8-7-9-11-13-37(41(55)53(38)29-46)49-43(57)62-30-44(2,3)4/h10,12,14-15,26,31,37-38H,6-9,11,13,16-25,27-30H2,1-5H3,(H,49,57)(H,50,54)(H,51,56)/b12-10-/t31-,37+,38+,46-,47-/m1/s1. The minimum Gasteiger partial charge on any atom is -0.492 e. The molecule has 16 nitrogen and oxygen atoms in total. The van der Waals surface area contributed by atoms with Crippen LogP contribution in [0.5, 0.6) is 11.5 Å². The van der Waals surface area contributed by atoms with Crippen LogP contribution in [0.25, 0.3) is 10.9 Å². The van der Waals surface area contributed by atoms with Gasteiger partial charge >= 0.3 is 6.09 Å². The maximum Gasteiger partial charge on any atom is 0.407 e. The van der Waals surface area contributed by atoms with Gasteiger partial charge in [-0.2, -0.15) is 0 Å². The van der Waals surface area contributed by atoms with Gasteiger partial charge in [0.15, 0.2) is 0 Å². The molecule has 5 atom stereocenters. The topological polar surface area (TPSA) is 195 Å². The zero-order valence-electron chi connectivity index (χ0n) is 38.1. The lowest BCUT2D eigenvalue weighted by Crippen LogP contribution is -2.58. The van der Waals surface area contributed by atoms with Gasteiger partial charge in [-0.15, -0.1) is 0 Å². The van der Waals surface area contributed by atoms with E-state index in [4.69, 9.17) is 23.9 Å². The maximum atomic E-state index is 15.0. The molecule has 64 heavy (non-hydrogen) atoms. The summed E-state index contributed by atoms with van der Waals surface area (Å²) in [5.74, 6) is -0.896. The summed E-state index contributed by atoms with van der Waals surface area (Å²) in [6, 6.07) is 3.83. The fourth-order valence-corrected chi connectivity index (χ4v) is 10.8. The molecule has 2 saturated heterocycles. The van der Waals surface area contributed by atoms with Gasteiger partial charge in [-0.25, -0.2) is 18.2 Å². The predicted octanol–water partition coefficient (Wildman–Crippen LogP) is 4.71. The fraction of sp³-hybridized carbons (Fsp3) is 0.681. The molecular weight excluding hydrogens is 841 g/mol. The van der Waals surface area contributed by atoms with Crippen molar-refractivity contribution in [1.82, 2.24) is 30.1 Å². The number of pyridine rings is 1. The summed E-state index contributed by atoms with van der Waals surface area (Å²) in [6.07, 6.45) is 9.19. The van der Waals surface area contributed by atoms with Crippen molar-refractivity contribution in [3.63, 3.8) is 0 Å². The van der Waals surface area contributed by atoms with Gasteiger partial charge in [-0.1, -0.05) is 52.7 Å². The fourth-order valence-electron chi connectivity index (χ4n) is 9.49. The van der Waals surface area contributed by atoms with Gasteiger partial charge in [0.05, 0.1) is 42.3 Å². The first-order chi connectivity index (χ1) is 30.4. The summed E-state index contributed by atoms with van der Waals surface area (Å²) < 4.78 is 52.3. The van der Waals surface area contributed by atoms with Gasteiger partial charge in [0, 0.05) is 42.9 Å². The molecular formula is C47H66N6O10S. The highest BCUT2D eigenvalue weighted by Gasteiger charge is 2.64. The summed E-state index contributed by atoms with van der Waals surface area (Å²) >= 11 is 0. The molecule has 0 unspecified atom stereocenters. The van der Waals surface area contributed by atoms with Crippen molar-refractivity contribution in [1.29, 1.82) is 0 Å². The Balaban J connectivity index is 1.10. The van der Waals surface area contributed by atoms with E-state index in [1.165, 1.54) is 4.90 Å². The number of benzene rings is 1. The van der Waals surface area contributed by atoms with Crippen LogP contribution in [0.15, 0.2) is 30.4 Å². The van der Waals surface area contributed by atoms with Gasteiger partial charge in [0.2, 0.25) is 21.8 Å². The Morgan fingerprint density at radius 1 is 1.06 bits per heavy atom. The summed E-state index contributed by atoms with van der Waals surface area (Å²) in [5, 5.41) is 6.74. The largest absolute Gasteiger partial charge is 0.492 e. The molecule has 2 aliphatic carbocycles. The number of fused-ring (bicyclic) bond motifs is 5. The minimum atomic E-state index is -4.01. The number of carbonyl (C=O) groups excluding carboxylic acids is 4. The molecule has 2 saturated carbocycles. The van der Waals surface area contributed by atoms with E-state index in [2.05, 4.69) is 20.3 Å². The maximum absolute atomic E-state index is 15.0. The molecule has 2 aromatic rings. The molecule has 3 N–H and O–H groups in total. The highest BCUT2D eigenvalue weighted by molar-refractivity contribution is 7.91. The Hall–Kier alpha value is -4.48. The normalized spacial score (nSPS) is 28.9. The number of morpholine rings is 1. The number of sulfonamides is 1. The number of ether oxygens (including phenoxy) is 4. The van der Waals surface area contributed by atoms with Crippen LogP contribution in [-0.2, 0) is 46.7 Å². The molecule has 17 heteroatoms. The van der Waals surface area contributed by atoms with Crippen molar-refractivity contribution >= 4 is 44.7 Å². The van der Waals surface area contributed by atoms with Crippen molar-refractivity contribution in [2.45, 2.75) is 140 Å². The van der Waals surface area contributed by atoms with E-state index >= 15 is 0 Å². The summed E-state index contributed by atoms with van der Waals surface area (Å²) in [5.41, 5.74) is -0.263. The number of aromatic nitrogens is 1. The number of alkyl carbamates (subject to hydrolysis) is 1. The summed E-state index contributed by atoms with van der Waals surface area (Å²) in [7, 11) is -4.01. The van der Waals surface area contributed by atoms with Crippen LogP contribution in [0, 0.1) is 11.3 Å². The first kappa shape index (κ1) is 46.1. The molecule has 8 rings (SSSR count). The van der Waals surface area contributed by atoms with Crippen LogP contribution in [0.2, 0.25) is 0 Å². The number of rotatable bonds is 10. The molecule has 1 aromatic carbocycles. The molecule has 350 valence electrons. The monoisotopic (exact) mass is 906 g/mol. The molecule has 5 heterocycles. The molecule has 4 aliphatic heterocycles. The molecule has 4 amide bonds. The third-order valence-electron chi connectivity index (χ3n) is 13.9. The third kappa shape index (κ3) is 9.86. The van der Waals surface area contributed by atoms with Gasteiger partial charge in [0.25, 0.3) is 5.91 Å². The highest BCUT2D eigenvalue weighted by atomic mass is 32.2. The Morgan fingerprint density at radius 2 is 1.84 bits per heavy atom. The lowest BCUT2D eigenvalue weighted by Gasteiger charge is -2.37. The number of allylic oxidation sites excluding steroid dienone is 1. The Labute approximate surface area is 377 Å². The number of nitrogens with one attached hydrogen (secondary N) is 3. The number of hydrogen-bond acceptors (Lipinski definition) is 12. The van der Waals surface area contributed by atoms with Crippen molar-refractivity contribution in [3.8, 4) is 11.5 Å². The number of hydrogen-bond donors (Lipinski definition) is 3. The highest BCUT2D eigenvalue weighted by Crippen LogP contribution is 2.49. The van der Waals surface area contributed by atoms with Crippen LogP contribution in [0.4, 0.5) is 4.79 Å². The minimum absolute atomic E-state index is 0.0414. The van der Waals surface area contributed by atoms with Gasteiger partial charge in [-0.3, -0.25) is 24.0 Å². The second kappa shape index (κ2) is 18.1. The zero-order chi connectivity index (χ0) is 45.5. The molecule has 6 aliphatic rings. The van der Waals surface area contributed by atoms with Crippen LogP contribution in [0.1, 0.15) is 110 Å². The van der Waals surface area contributed by atoms with E-state index in [-0.39, 0.29) is 31.4 Å². The quantitative estimate of drug-likeness (QED) is 0.279. The molecule has 1 aromatic heterocycles. The van der Waals surface area contributed by atoms with Crippen molar-refractivity contribution in [3.05, 3.63) is 41.6 Å². The van der Waals surface area contributed by atoms with E-state index in [9.17, 15) is 27.6 Å². The summed E-state index contributed by atoms with van der Waals surface area (Å²) in [6.45, 7) is 14.2. The van der Waals surface area contributed by atoms with E-state index in [1.54, 1.807) is 6.92 Å². The molecule has 4 fully saturated rings. The smallest absolute Gasteiger partial charge is 0.407 e. The van der Waals surface area contributed by atoms with Gasteiger partial charge < -0.3 is 34.5 Å². The Bertz CT molecular complexity index is 2270. The third-order valence-corrected chi connectivity index (χ3v) is 16.0. The Kier molecular flexibility index (Phi) is 13.0. The number of amides is 4. The number of carbonyl (C=O) groups is 4. The number of nitrogens with zero attached hydrogens (tertiary/aromatic N) is 3. The zero-order valence-corrected chi connectivity index (χ0v) is 38.9. The van der Waals surface area contributed by atoms with E-state index in [0.29, 0.717) is 63.7 Å². The van der Waals surface area contributed by atoms with Crippen LogP contribution < -0.4 is 24.8 Å².